The Kier molecular flexibility index (Phi) is 7.66. The van der Waals surface area contributed by atoms with E-state index in [0.717, 1.165) is 31.4 Å². The number of hydrogen-bond acceptors (Lipinski definition) is 3. The molecule has 1 rings (SSSR count). The van der Waals surface area contributed by atoms with Crippen molar-refractivity contribution in [2.75, 3.05) is 19.8 Å². The Hall–Kier alpha value is -1.55. The third-order valence-electron chi connectivity index (χ3n) is 2.78. The molecular formula is C15H23NO3. The van der Waals surface area contributed by atoms with Gasteiger partial charge >= 0.3 is 0 Å². The van der Waals surface area contributed by atoms with Gasteiger partial charge in [-0.2, -0.15) is 0 Å². The van der Waals surface area contributed by atoms with E-state index in [0.29, 0.717) is 18.7 Å². The fourth-order valence-corrected chi connectivity index (χ4v) is 1.79. The van der Waals surface area contributed by atoms with E-state index in [4.69, 9.17) is 9.84 Å². The van der Waals surface area contributed by atoms with Gasteiger partial charge in [0.2, 0.25) is 0 Å². The van der Waals surface area contributed by atoms with E-state index in [1.807, 2.05) is 19.1 Å². The molecule has 4 nitrogen and oxygen atoms in total. The number of ether oxygens (including phenoxy) is 1. The Balaban J connectivity index is 2.30. The summed E-state index contributed by atoms with van der Waals surface area (Å²) in [5.41, 5.74) is 0.626. The molecule has 0 aliphatic rings. The third-order valence-corrected chi connectivity index (χ3v) is 2.78. The molecule has 1 aromatic rings. The summed E-state index contributed by atoms with van der Waals surface area (Å²) in [7, 11) is 0. The van der Waals surface area contributed by atoms with E-state index in [-0.39, 0.29) is 12.5 Å². The van der Waals surface area contributed by atoms with Gasteiger partial charge in [-0.1, -0.05) is 18.9 Å². The van der Waals surface area contributed by atoms with Crippen LogP contribution in [0.15, 0.2) is 24.3 Å². The molecule has 4 heteroatoms. The lowest BCUT2D eigenvalue weighted by Gasteiger charge is -2.07. The van der Waals surface area contributed by atoms with Crippen molar-refractivity contribution in [3.63, 3.8) is 0 Å². The number of aliphatic hydroxyl groups excluding tert-OH is 1. The highest BCUT2D eigenvalue weighted by atomic mass is 16.5. The van der Waals surface area contributed by atoms with E-state index in [1.165, 1.54) is 0 Å². The molecular weight excluding hydrogens is 242 g/mol. The normalized spacial score (nSPS) is 10.2. The van der Waals surface area contributed by atoms with Crippen LogP contribution in [0.4, 0.5) is 0 Å². The molecule has 0 heterocycles. The summed E-state index contributed by atoms with van der Waals surface area (Å²) in [4.78, 5) is 11.9. The molecule has 0 fully saturated rings. The van der Waals surface area contributed by atoms with Gasteiger partial charge in [0.15, 0.2) is 0 Å². The van der Waals surface area contributed by atoms with Crippen LogP contribution in [0.5, 0.6) is 5.75 Å². The standard InChI is InChI=1S/C15H23NO3/c1-2-19-14-9-7-8-13(12-14)15(18)16-10-5-3-4-6-11-17/h7-9,12,17H,2-6,10-11H2,1H3,(H,16,18). The monoisotopic (exact) mass is 265 g/mol. The molecule has 106 valence electrons. The van der Waals surface area contributed by atoms with Crippen molar-refractivity contribution >= 4 is 5.91 Å². The molecule has 0 atom stereocenters. The van der Waals surface area contributed by atoms with Crippen molar-refractivity contribution in [3.05, 3.63) is 29.8 Å². The molecule has 0 spiro atoms. The minimum absolute atomic E-state index is 0.0660. The highest BCUT2D eigenvalue weighted by Crippen LogP contribution is 2.13. The molecule has 1 aromatic carbocycles. The predicted molar refractivity (Wildman–Crippen MR) is 75.5 cm³/mol. The molecule has 0 saturated heterocycles. The van der Waals surface area contributed by atoms with Crippen LogP contribution in [0.1, 0.15) is 43.0 Å². The molecule has 0 aliphatic heterocycles. The summed E-state index contributed by atoms with van der Waals surface area (Å²) in [6.07, 6.45) is 3.81. The minimum atomic E-state index is -0.0660. The number of benzene rings is 1. The van der Waals surface area contributed by atoms with Gasteiger partial charge in [0.25, 0.3) is 5.91 Å². The van der Waals surface area contributed by atoms with Crippen molar-refractivity contribution < 1.29 is 14.6 Å². The molecule has 0 aliphatic carbocycles. The predicted octanol–water partition coefficient (Wildman–Crippen LogP) is 2.37. The van der Waals surface area contributed by atoms with Gasteiger partial charge in [0.1, 0.15) is 5.75 Å². The maximum atomic E-state index is 11.9. The SMILES string of the molecule is CCOc1cccc(C(=O)NCCCCCCO)c1. The number of carbonyl (C=O) groups excluding carboxylic acids is 1. The second-order valence-corrected chi connectivity index (χ2v) is 4.35. The first-order valence-corrected chi connectivity index (χ1v) is 6.90. The summed E-state index contributed by atoms with van der Waals surface area (Å²) in [5, 5.41) is 11.5. The Morgan fingerprint density at radius 3 is 2.79 bits per heavy atom. The third kappa shape index (κ3) is 6.25. The maximum Gasteiger partial charge on any atom is 0.251 e. The van der Waals surface area contributed by atoms with E-state index >= 15 is 0 Å². The molecule has 0 bridgehead atoms. The Morgan fingerprint density at radius 1 is 1.26 bits per heavy atom. The largest absolute Gasteiger partial charge is 0.494 e. The topological polar surface area (TPSA) is 58.6 Å². The highest BCUT2D eigenvalue weighted by Gasteiger charge is 2.05. The number of nitrogens with one attached hydrogen (secondary N) is 1. The zero-order chi connectivity index (χ0) is 13.9. The molecule has 0 saturated carbocycles. The van der Waals surface area contributed by atoms with Crippen molar-refractivity contribution in [3.8, 4) is 5.75 Å². The van der Waals surface area contributed by atoms with Gasteiger partial charge in [-0.05, 0) is 38.0 Å². The fraction of sp³-hybridized carbons (Fsp3) is 0.533. The fourth-order valence-electron chi connectivity index (χ4n) is 1.79. The van der Waals surface area contributed by atoms with Gasteiger partial charge in [-0.3, -0.25) is 4.79 Å². The summed E-state index contributed by atoms with van der Waals surface area (Å²) in [5.74, 6) is 0.654. The van der Waals surface area contributed by atoms with Gasteiger partial charge < -0.3 is 15.2 Å². The quantitative estimate of drug-likeness (QED) is 0.674. The van der Waals surface area contributed by atoms with Crippen LogP contribution in [0, 0.1) is 0 Å². The second kappa shape index (κ2) is 9.39. The van der Waals surface area contributed by atoms with Crippen molar-refractivity contribution in [1.29, 1.82) is 0 Å². The number of hydrogen-bond donors (Lipinski definition) is 2. The zero-order valence-electron chi connectivity index (χ0n) is 11.5. The molecule has 19 heavy (non-hydrogen) atoms. The number of aliphatic hydroxyl groups is 1. The summed E-state index contributed by atoms with van der Waals surface area (Å²) in [6, 6.07) is 7.20. The first-order chi connectivity index (χ1) is 9.27. The van der Waals surface area contributed by atoms with Crippen LogP contribution in [0.25, 0.3) is 0 Å². The average Bonchev–Trinajstić information content (AvgIpc) is 2.43. The molecule has 0 aromatic heterocycles. The molecule has 0 radical (unpaired) electrons. The van der Waals surface area contributed by atoms with E-state index in [2.05, 4.69) is 5.32 Å². The Bertz CT molecular complexity index is 379. The molecule has 0 unspecified atom stereocenters. The van der Waals surface area contributed by atoms with Gasteiger partial charge in [-0.15, -0.1) is 0 Å². The maximum absolute atomic E-state index is 11.9. The lowest BCUT2D eigenvalue weighted by Crippen LogP contribution is -2.24. The van der Waals surface area contributed by atoms with E-state index in [1.54, 1.807) is 12.1 Å². The second-order valence-electron chi connectivity index (χ2n) is 4.35. The summed E-state index contributed by atoms with van der Waals surface area (Å²) in [6.45, 7) is 3.43. The lowest BCUT2D eigenvalue weighted by molar-refractivity contribution is 0.0952. The average molecular weight is 265 g/mol. The van der Waals surface area contributed by atoms with Crippen LogP contribution in [0.2, 0.25) is 0 Å². The highest BCUT2D eigenvalue weighted by molar-refractivity contribution is 5.94. The Morgan fingerprint density at radius 2 is 2.05 bits per heavy atom. The number of unbranched alkanes of at least 4 members (excludes halogenated alkanes) is 3. The van der Waals surface area contributed by atoms with Crippen LogP contribution in [-0.4, -0.2) is 30.8 Å². The van der Waals surface area contributed by atoms with Crippen molar-refractivity contribution in [2.24, 2.45) is 0 Å². The smallest absolute Gasteiger partial charge is 0.251 e. The number of rotatable bonds is 9. The molecule has 2 N–H and O–H groups in total. The number of carbonyl (C=O) groups is 1. The van der Waals surface area contributed by atoms with Crippen molar-refractivity contribution in [2.45, 2.75) is 32.6 Å². The first-order valence-electron chi connectivity index (χ1n) is 6.90. The van der Waals surface area contributed by atoms with Crippen LogP contribution >= 0.6 is 0 Å². The Labute approximate surface area is 114 Å². The first kappa shape index (κ1) is 15.5. The van der Waals surface area contributed by atoms with Crippen LogP contribution < -0.4 is 10.1 Å². The zero-order valence-corrected chi connectivity index (χ0v) is 11.5. The lowest BCUT2D eigenvalue weighted by atomic mass is 10.2. The minimum Gasteiger partial charge on any atom is -0.494 e. The molecule has 1 amide bonds. The van der Waals surface area contributed by atoms with Gasteiger partial charge in [-0.25, -0.2) is 0 Å². The van der Waals surface area contributed by atoms with Gasteiger partial charge in [0.05, 0.1) is 6.61 Å². The van der Waals surface area contributed by atoms with E-state index < -0.39 is 0 Å². The number of amides is 1. The summed E-state index contributed by atoms with van der Waals surface area (Å²) < 4.78 is 5.36. The van der Waals surface area contributed by atoms with E-state index in [9.17, 15) is 4.79 Å². The van der Waals surface area contributed by atoms with Crippen molar-refractivity contribution in [1.82, 2.24) is 5.32 Å². The van der Waals surface area contributed by atoms with Crippen LogP contribution in [0.3, 0.4) is 0 Å². The van der Waals surface area contributed by atoms with Crippen LogP contribution in [-0.2, 0) is 0 Å². The van der Waals surface area contributed by atoms with Gasteiger partial charge in [0, 0.05) is 18.7 Å². The summed E-state index contributed by atoms with van der Waals surface area (Å²) >= 11 is 0.